The molecule has 0 rings (SSSR count). The van der Waals surface area contributed by atoms with E-state index in [1.807, 2.05) is 0 Å². The first-order chi connectivity index (χ1) is 17.4. The second-order valence-corrected chi connectivity index (χ2v) is 13.7. The minimum atomic E-state index is -3.77. The molecule has 4 nitrogen and oxygen atoms in total. The van der Waals surface area contributed by atoms with Gasteiger partial charge in [0, 0.05) is 12.7 Å². The predicted octanol–water partition coefficient (Wildman–Crippen LogP) is 10.1. The van der Waals surface area contributed by atoms with Crippen LogP contribution in [0.25, 0.3) is 0 Å². The molecule has 0 aliphatic carbocycles. The standard InChI is InChI=1S/C29H60NO3PS2/c31-34(32,33)28-26-24-22-20-18-16-14-12-10-8-6-4-2-1-3-5-7-9-11-13-15-17-19-21-23-25-27-30-29(35)36/h1-28H2,(H2,30,35,36)(H2,31,32,33). The lowest BCUT2D eigenvalue weighted by Crippen LogP contribution is -2.17. The van der Waals surface area contributed by atoms with Gasteiger partial charge in [0.25, 0.3) is 0 Å². The van der Waals surface area contributed by atoms with Crippen molar-refractivity contribution in [3.05, 3.63) is 0 Å². The molecule has 0 aliphatic rings. The van der Waals surface area contributed by atoms with Crippen molar-refractivity contribution < 1.29 is 14.4 Å². The van der Waals surface area contributed by atoms with Crippen molar-refractivity contribution in [1.29, 1.82) is 0 Å². The molecule has 36 heavy (non-hydrogen) atoms. The molecule has 216 valence electrons. The van der Waals surface area contributed by atoms with Crippen molar-refractivity contribution in [3.8, 4) is 0 Å². The molecule has 0 fully saturated rings. The van der Waals surface area contributed by atoms with Crippen molar-refractivity contribution >= 4 is 36.8 Å². The fraction of sp³-hybridized carbons (Fsp3) is 0.966. The molecular weight excluding hydrogens is 505 g/mol. The number of nitrogens with one attached hydrogen (secondary N) is 1. The van der Waals surface area contributed by atoms with Gasteiger partial charge in [-0.1, -0.05) is 166 Å². The summed E-state index contributed by atoms with van der Waals surface area (Å²) in [5.74, 6) is 0. The van der Waals surface area contributed by atoms with Crippen molar-refractivity contribution in [3.63, 3.8) is 0 Å². The van der Waals surface area contributed by atoms with Crippen molar-refractivity contribution in [2.24, 2.45) is 0 Å². The van der Waals surface area contributed by atoms with E-state index in [0.29, 0.717) is 10.7 Å². The molecule has 0 aromatic heterocycles. The fourth-order valence-electron chi connectivity index (χ4n) is 4.88. The number of hydrogen-bond acceptors (Lipinski definition) is 2. The molecule has 0 aromatic rings. The summed E-state index contributed by atoms with van der Waals surface area (Å²) >= 11 is 8.96. The summed E-state index contributed by atoms with van der Waals surface area (Å²) in [5.41, 5.74) is 0. The van der Waals surface area contributed by atoms with E-state index in [-0.39, 0.29) is 6.16 Å². The van der Waals surface area contributed by atoms with Gasteiger partial charge in [0.1, 0.15) is 4.32 Å². The number of hydrogen-bond donors (Lipinski definition) is 4. The second-order valence-electron chi connectivity index (χ2n) is 10.8. The Kier molecular flexibility index (Phi) is 28.7. The Morgan fingerprint density at radius 2 is 0.722 bits per heavy atom. The third-order valence-electron chi connectivity index (χ3n) is 7.15. The third kappa shape index (κ3) is 34.4. The van der Waals surface area contributed by atoms with Crippen LogP contribution in [0.2, 0.25) is 0 Å². The predicted molar refractivity (Wildman–Crippen MR) is 167 cm³/mol. The van der Waals surface area contributed by atoms with E-state index in [9.17, 15) is 4.57 Å². The number of thiol groups is 1. The van der Waals surface area contributed by atoms with Crippen LogP contribution in [0.4, 0.5) is 0 Å². The van der Waals surface area contributed by atoms with E-state index in [2.05, 4.69) is 17.9 Å². The smallest absolute Gasteiger partial charge is 0.325 e. The zero-order valence-corrected chi connectivity index (χ0v) is 26.0. The minimum Gasteiger partial charge on any atom is -0.371 e. The first-order valence-corrected chi connectivity index (χ1v) is 18.1. The van der Waals surface area contributed by atoms with Crippen LogP contribution in [0.3, 0.4) is 0 Å². The molecule has 0 aromatic carbocycles. The van der Waals surface area contributed by atoms with Gasteiger partial charge in [-0.15, -0.1) is 12.6 Å². The largest absolute Gasteiger partial charge is 0.371 e. The molecule has 0 spiro atoms. The van der Waals surface area contributed by atoms with Crippen molar-refractivity contribution in [2.45, 2.75) is 167 Å². The quantitative estimate of drug-likeness (QED) is 0.0314. The Morgan fingerprint density at radius 3 is 0.944 bits per heavy atom. The van der Waals surface area contributed by atoms with Gasteiger partial charge in [-0.25, -0.2) is 0 Å². The zero-order chi connectivity index (χ0) is 26.6. The topological polar surface area (TPSA) is 69.6 Å². The molecule has 0 amide bonds. The van der Waals surface area contributed by atoms with Gasteiger partial charge < -0.3 is 15.1 Å². The number of thiocarbonyl (C=S) groups is 1. The molecule has 0 atom stereocenters. The molecule has 7 heteroatoms. The highest BCUT2D eigenvalue weighted by molar-refractivity contribution is 8.11. The van der Waals surface area contributed by atoms with Crippen LogP contribution in [0.1, 0.15) is 167 Å². The lowest BCUT2D eigenvalue weighted by molar-refractivity contribution is 0.370. The normalized spacial score (nSPS) is 11.8. The first-order valence-electron chi connectivity index (χ1n) is 15.4. The summed E-state index contributed by atoms with van der Waals surface area (Å²) in [6, 6.07) is 0. The highest BCUT2D eigenvalue weighted by Crippen LogP contribution is 2.35. The first kappa shape index (κ1) is 36.4. The Labute approximate surface area is 235 Å². The van der Waals surface area contributed by atoms with E-state index in [1.165, 1.54) is 148 Å². The van der Waals surface area contributed by atoms with E-state index < -0.39 is 7.60 Å². The zero-order valence-electron chi connectivity index (χ0n) is 23.4. The molecule has 0 bridgehead atoms. The monoisotopic (exact) mass is 565 g/mol. The average molecular weight is 566 g/mol. The molecule has 0 unspecified atom stereocenters. The minimum absolute atomic E-state index is 0.0571. The van der Waals surface area contributed by atoms with E-state index in [0.717, 1.165) is 19.4 Å². The Bertz CT molecular complexity index is 517. The summed E-state index contributed by atoms with van der Waals surface area (Å²) in [4.78, 5) is 17.7. The van der Waals surface area contributed by atoms with Gasteiger partial charge in [0.05, 0.1) is 0 Å². The van der Waals surface area contributed by atoms with Crippen molar-refractivity contribution in [1.82, 2.24) is 5.32 Å². The lowest BCUT2D eigenvalue weighted by Gasteiger charge is -2.05. The van der Waals surface area contributed by atoms with Crippen LogP contribution in [0, 0.1) is 0 Å². The third-order valence-corrected chi connectivity index (χ3v) is 8.35. The average Bonchev–Trinajstić information content (AvgIpc) is 2.82. The van der Waals surface area contributed by atoms with Gasteiger partial charge in [0.15, 0.2) is 0 Å². The maximum Gasteiger partial charge on any atom is 0.325 e. The van der Waals surface area contributed by atoms with Crippen LogP contribution < -0.4 is 5.32 Å². The van der Waals surface area contributed by atoms with E-state index in [4.69, 9.17) is 22.0 Å². The van der Waals surface area contributed by atoms with E-state index >= 15 is 0 Å². The number of unbranched alkanes of at least 4 members (excludes halogenated alkanes) is 25. The van der Waals surface area contributed by atoms with Gasteiger partial charge in [-0.3, -0.25) is 4.57 Å². The maximum atomic E-state index is 10.8. The van der Waals surface area contributed by atoms with Crippen molar-refractivity contribution in [2.75, 3.05) is 12.7 Å². The SMILES string of the molecule is O=P(O)(O)CCCCCCCCCCCCCCCCCCCCCCCCCCCCNC(=S)S. The van der Waals surface area contributed by atoms with E-state index in [1.54, 1.807) is 0 Å². The highest BCUT2D eigenvalue weighted by atomic mass is 32.1. The summed E-state index contributed by atoms with van der Waals surface area (Å²) in [6.07, 6.45) is 34.5. The van der Waals surface area contributed by atoms with Crippen LogP contribution in [0.15, 0.2) is 0 Å². The van der Waals surface area contributed by atoms with Crippen LogP contribution >= 0.6 is 32.4 Å². The fourth-order valence-corrected chi connectivity index (χ4v) is 5.73. The molecule has 0 saturated heterocycles. The lowest BCUT2D eigenvalue weighted by atomic mass is 10.0. The van der Waals surface area contributed by atoms with Crippen LogP contribution in [-0.2, 0) is 4.57 Å². The second kappa shape index (κ2) is 28.4. The molecular formula is C29H60NO3PS2. The molecule has 3 N–H and O–H groups in total. The summed E-state index contributed by atoms with van der Waals surface area (Å²) in [7, 11) is -3.77. The Balaban J connectivity index is 3.05. The molecule has 0 saturated carbocycles. The van der Waals surface area contributed by atoms with Crippen LogP contribution in [-0.4, -0.2) is 26.8 Å². The molecule has 0 heterocycles. The van der Waals surface area contributed by atoms with Gasteiger partial charge in [-0.05, 0) is 12.8 Å². The summed E-state index contributed by atoms with van der Waals surface area (Å²) in [6.45, 7) is 0.973. The van der Waals surface area contributed by atoms with Gasteiger partial charge >= 0.3 is 7.60 Å². The molecule has 0 aliphatic heterocycles. The Hall–Kier alpha value is 0.390. The van der Waals surface area contributed by atoms with Gasteiger partial charge in [-0.2, -0.15) is 0 Å². The molecule has 0 radical (unpaired) electrons. The Morgan fingerprint density at radius 1 is 0.500 bits per heavy atom. The summed E-state index contributed by atoms with van der Waals surface area (Å²) < 4.78 is 11.4. The summed E-state index contributed by atoms with van der Waals surface area (Å²) in [5, 5.41) is 3.10. The van der Waals surface area contributed by atoms with Gasteiger partial charge in [0.2, 0.25) is 0 Å². The van der Waals surface area contributed by atoms with Crippen LogP contribution in [0.5, 0.6) is 0 Å². The maximum absolute atomic E-state index is 10.8. The highest BCUT2D eigenvalue weighted by Gasteiger charge is 2.10. The number of rotatable bonds is 29.